The predicted molar refractivity (Wildman–Crippen MR) is 79.6 cm³/mol. The summed E-state index contributed by atoms with van der Waals surface area (Å²) in [6.45, 7) is 0.806. The van der Waals surface area contributed by atoms with Crippen LogP contribution >= 0.6 is 24.0 Å². The molecule has 22 heavy (non-hydrogen) atoms. The molecule has 10 heteroatoms. The summed E-state index contributed by atoms with van der Waals surface area (Å²) in [5, 5.41) is -0.266. The molecule has 1 fully saturated rings. The minimum atomic E-state index is -4.65. The molecule has 4 nitrogen and oxygen atoms in total. The fourth-order valence-electron chi connectivity index (χ4n) is 2.23. The van der Waals surface area contributed by atoms with Crippen LogP contribution in [0.4, 0.5) is 13.2 Å². The minimum absolute atomic E-state index is 0. The zero-order valence-electron chi connectivity index (χ0n) is 11.3. The van der Waals surface area contributed by atoms with Gasteiger partial charge in [0.25, 0.3) is 0 Å². The Labute approximate surface area is 137 Å². The van der Waals surface area contributed by atoms with Crippen molar-refractivity contribution in [3.8, 4) is 0 Å². The van der Waals surface area contributed by atoms with Gasteiger partial charge in [-0.05, 0) is 37.1 Å². The molecular formula is C12H15Cl2F3N2O2S. The van der Waals surface area contributed by atoms with Gasteiger partial charge in [0.05, 0.1) is 10.5 Å². The monoisotopic (exact) mass is 378 g/mol. The SMILES string of the molecule is Cl.NCC1CCN(S(=O)(=O)c2cc(Cl)cc(C(F)(F)F)c2)C1. The molecule has 0 radical (unpaired) electrons. The molecule has 2 N–H and O–H groups in total. The lowest BCUT2D eigenvalue weighted by molar-refractivity contribution is -0.137. The zero-order chi connectivity index (χ0) is 15.8. The number of nitrogens with two attached hydrogens (primary N) is 1. The van der Waals surface area contributed by atoms with E-state index in [1.165, 1.54) is 0 Å². The number of hydrogen-bond donors (Lipinski definition) is 1. The third-order valence-corrected chi connectivity index (χ3v) is 5.48. The summed E-state index contributed by atoms with van der Waals surface area (Å²) in [7, 11) is -3.99. The largest absolute Gasteiger partial charge is 0.416 e. The van der Waals surface area contributed by atoms with Gasteiger partial charge in [0, 0.05) is 18.1 Å². The van der Waals surface area contributed by atoms with Gasteiger partial charge in [0.1, 0.15) is 0 Å². The number of hydrogen-bond acceptors (Lipinski definition) is 3. The summed E-state index contributed by atoms with van der Waals surface area (Å²) < 4.78 is 64.2. The van der Waals surface area contributed by atoms with Crippen molar-refractivity contribution in [2.45, 2.75) is 17.5 Å². The average molecular weight is 379 g/mol. The molecule has 1 aliphatic heterocycles. The Morgan fingerprint density at radius 3 is 2.45 bits per heavy atom. The van der Waals surface area contributed by atoms with Crippen molar-refractivity contribution in [2.24, 2.45) is 11.7 Å². The van der Waals surface area contributed by atoms with Crippen molar-refractivity contribution < 1.29 is 21.6 Å². The van der Waals surface area contributed by atoms with Gasteiger partial charge in [0.15, 0.2) is 0 Å². The molecule has 0 bridgehead atoms. The van der Waals surface area contributed by atoms with Crippen LogP contribution in [-0.4, -0.2) is 32.4 Å². The number of sulfonamides is 1. The van der Waals surface area contributed by atoms with E-state index in [-0.39, 0.29) is 36.4 Å². The summed E-state index contributed by atoms with van der Waals surface area (Å²) in [6.07, 6.45) is -4.05. The van der Waals surface area contributed by atoms with Crippen LogP contribution in [0.1, 0.15) is 12.0 Å². The van der Waals surface area contributed by atoms with Crippen LogP contribution in [0.3, 0.4) is 0 Å². The second kappa shape index (κ2) is 6.92. The van der Waals surface area contributed by atoms with Gasteiger partial charge < -0.3 is 5.73 Å². The summed E-state index contributed by atoms with van der Waals surface area (Å²) >= 11 is 5.62. The standard InChI is InChI=1S/C12H14ClF3N2O2S.ClH/c13-10-3-9(12(14,15)16)4-11(5-10)21(19,20)18-2-1-8(6-17)7-18;/h3-5,8H,1-2,6-7,17H2;1H. The molecule has 126 valence electrons. The van der Waals surface area contributed by atoms with E-state index in [2.05, 4.69) is 0 Å². The van der Waals surface area contributed by atoms with Gasteiger partial charge in [-0.25, -0.2) is 8.42 Å². The molecule has 1 saturated heterocycles. The van der Waals surface area contributed by atoms with Crippen LogP contribution in [-0.2, 0) is 16.2 Å². The van der Waals surface area contributed by atoms with Gasteiger partial charge >= 0.3 is 6.18 Å². The van der Waals surface area contributed by atoms with E-state index in [9.17, 15) is 21.6 Å². The normalized spacial score (nSPS) is 20.0. The highest BCUT2D eigenvalue weighted by atomic mass is 35.5. The Balaban J connectivity index is 0.00000242. The number of halogens is 5. The number of alkyl halides is 3. The molecule has 1 atom stereocenters. The molecule has 2 rings (SSSR count). The predicted octanol–water partition coefficient (Wildman–Crippen LogP) is 2.75. The first kappa shape index (κ1) is 19.5. The molecule has 0 aliphatic carbocycles. The summed E-state index contributed by atoms with van der Waals surface area (Å²) in [5.74, 6) is 0.0287. The maximum Gasteiger partial charge on any atom is 0.416 e. The maximum atomic E-state index is 12.7. The number of rotatable bonds is 3. The lowest BCUT2D eigenvalue weighted by Crippen LogP contribution is -2.30. The highest BCUT2D eigenvalue weighted by molar-refractivity contribution is 7.89. The fraction of sp³-hybridized carbons (Fsp3) is 0.500. The lowest BCUT2D eigenvalue weighted by atomic mass is 10.1. The van der Waals surface area contributed by atoms with Gasteiger partial charge in [0.2, 0.25) is 10.0 Å². The molecule has 0 amide bonds. The third kappa shape index (κ3) is 4.05. The summed E-state index contributed by atoms with van der Waals surface area (Å²) in [4.78, 5) is -0.444. The van der Waals surface area contributed by atoms with Crippen molar-refractivity contribution in [2.75, 3.05) is 19.6 Å². The first-order valence-electron chi connectivity index (χ1n) is 6.22. The van der Waals surface area contributed by atoms with Crippen LogP contribution < -0.4 is 5.73 Å². The highest BCUT2D eigenvalue weighted by Crippen LogP contribution is 2.34. The Bertz CT molecular complexity index is 638. The molecule has 0 aromatic heterocycles. The van der Waals surface area contributed by atoms with Gasteiger partial charge in [-0.1, -0.05) is 11.6 Å². The van der Waals surface area contributed by atoms with Crippen molar-refractivity contribution in [3.63, 3.8) is 0 Å². The first-order chi connectivity index (χ1) is 9.64. The lowest BCUT2D eigenvalue weighted by Gasteiger charge is -2.18. The van der Waals surface area contributed by atoms with E-state index in [0.717, 1.165) is 10.4 Å². The van der Waals surface area contributed by atoms with E-state index in [4.69, 9.17) is 17.3 Å². The van der Waals surface area contributed by atoms with Crippen LogP contribution in [0.2, 0.25) is 5.02 Å². The van der Waals surface area contributed by atoms with Crippen molar-refractivity contribution in [1.29, 1.82) is 0 Å². The zero-order valence-corrected chi connectivity index (χ0v) is 13.7. The molecule has 0 saturated carbocycles. The smallest absolute Gasteiger partial charge is 0.330 e. The van der Waals surface area contributed by atoms with Crippen LogP contribution in [0, 0.1) is 5.92 Å². The number of nitrogens with zero attached hydrogens (tertiary/aromatic N) is 1. The Morgan fingerprint density at radius 1 is 1.32 bits per heavy atom. The maximum absolute atomic E-state index is 12.7. The quantitative estimate of drug-likeness (QED) is 0.879. The Kier molecular flexibility index (Phi) is 6.14. The third-order valence-electron chi connectivity index (χ3n) is 3.42. The van der Waals surface area contributed by atoms with Crippen LogP contribution in [0.5, 0.6) is 0 Å². The molecular weight excluding hydrogens is 364 g/mol. The number of benzene rings is 1. The van der Waals surface area contributed by atoms with E-state index in [1.54, 1.807) is 0 Å². The summed E-state index contributed by atoms with van der Waals surface area (Å²) in [5.41, 5.74) is 4.41. The molecule has 1 unspecified atom stereocenters. The fourth-order valence-corrected chi connectivity index (χ4v) is 4.13. The minimum Gasteiger partial charge on any atom is -0.330 e. The van der Waals surface area contributed by atoms with Crippen molar-refractivity contribution >= 4 is 34.0 Å². The Hall–Kier alpha value is -0.540. The average Bonchev–Trinajstić information content (AvgIpc) is 2.86. The van der Waals surface area contributed by atoms with Crippen LogP contribution in [0.15, 0.2) is 23.1 Å². The van der Waals surface area contributed by atoms with Gasteiger partial charge in [-0.2, -0.15) is 17.5 Å². The van der Waals surface area contributed by atoms with Gasteiger partial charge in [-0.15, -0.1) is 12.4 Å². The second-order valence-electron chi connectivity index (χ2n) is 4.93. The molecule has 1 aromatic rings. The van der Waals surface area contributed by atoms with E-state index in [0.29, 0.717) is 25.1 Å². The van der Waals surface area contributed by atoms with E-state index < -0.39 is 26.7 Å². The van der Waals surface area contributed by atoms with E-state index in [1.807, 2.05) is 0 Å². The van der Waals surface area contributed by atoms with Crippen LogP contribution in [0.25, 0.3) is 0 Å². The molecule has 1 aliphatic rings. The first-order valence-corrected chi connectivity index (χ1v) is 8.04. The summed E-state index contributed by atoms with van der Waals surface area (Å²) in [6, 6.07) is 2.34. The van der Waals surface area contributed by atoms with E-state index >= 15 is 0 Å². The molecule has 1 aromatic carbocycles. The second-order valence-corrected chi connectivity index (χ2v) is 7.30. The van der Waals surface area contributed by atoms with Crippen molar-refractivity contribution in [3.05, 3.63) is 28.8 Å². The Morgan fingerprint density at radius 2 is 1.95 bits per heavy atom. The highest BCUT2D eigenvalue weighted by Gasteiger charge is 2.36. The molecule has 0 spiro atoms. The van der Waals surface area contributed by atoms with Crippen molar-refractivity contribution in [1.82, 2.24) is 4.31 Å². The molecule has 1 heterocycles. The topological polar surface area (TPSA) is 63.4 Å². The van der Waals surface area contributed by atoms with Gasteiger partial charge in [-0.3, -0.25) is 0 Å².